The van der Waals surface area contributed by atoms with Gasteiger partial charge in [0, 0.05) is 36.9 Å². The Balaban J connectivity index is 1.43. The Morgan fingerprint density at radius 1 is 1.30 bits per heavy atom. The number of hydrogen-bond donors (Lipinski definition) is 1. The van der Waals surface area contributed by atoms with Crippen LogP contribution in [-0.4, -0.2) is 42.0 Å². The topological polar surface area (TPSA) is 45.2 Å². The molecule has 2 aromatic rings. The third-order valence-electron chi connectivity index (χ3n) is 5.03. The van der Waals surface area contributed by atoms with E-state index in [1.54, 1.807) is 11.3 Å². The normalized spacial score (nSPS) is 23.7. The van der Waals surface area contributed by atoms with Crippen LogP contribution in [0.15, 0.2) is 35.7 Å². The number of aromatic nitrogens is 1. The minimum absolute atomic E-state index is 0.101. The summed E-state index contributed by atoms with van der Waals surface area (Å²) in [5.74, 6) is 0.101. The van der Waals surface area contributed by atoms with Crippen LogP contribution in [0.2, 0.25) is 0 Å². The van der Waals surface area contributed by atoms with Crippen LogP contribution in [0.1, 0.15) is 33.9 Å². The third-order valence-corrected chi connectivity index (χ3v) is 5.88. The lowest BCUT2D eigenvalue weighted by molar-refractivity contribution is 0.0770. The van der Waals surface area contributed by atoms with Crippen LogP contribution in [0.4, 0.5) is 0 Å². The van der Waals surface area contributed by atoms with Crippen molar-refractivity contribution in [2.24, 2.45) is 5.41 Å². The molecule has 4 nitrogen and oxygen atoms in total. The van der Waals surface area contributed by atoms with Gasteiger partial charge in [0.05, 0.1) is 5.01 Å². The van der Waals surface area contributed by atoms with Crippen LogP contribution < -0.4 is 5.32 Å². The zero-order valence-electron chi connectivity index (χ0n) is 13.1. The molecule has 0 bridgehead atoms. The SMILES string of the molecule is O=C(c1csc(Cc2ccccc2)n1)N1CCC2(CCNC2)C1. The molecule has 1 spiro atoms. The maximum absolute atomic E-state index is 12.7. The Morgan fingerprint density at radius 3 is 2.96 bits per heavy atom. The lowest BCUT2D eigenvalue weighted by Gasteiger charge is -2.22. The molecular weight excluding hydrogens is 306 g/mol. The summed E-state index contributed by atoms with van der Waals surface area (Å²) in [4.78, 5) is 19.3. The minimum Gasteiger partial charge on any atom is -0.337 e. The summed E-state index contributed by atoms with van der Waals surface area (Å²) < 4.78 is 0. The van der Waals surface area contributed by atoms with Crippen LogP contribution in [0.3, 0.4) is 0 Å². The zero-order valence-corrected chi connectivity index (χ0v) is 13.9. The van der Waals surface area contributed by atoms with Gasteiger partial charge in [-0.1, -0.05) is 30.3 Å². The Kier molecular flexibility index (Phi) is 3.91. The minimum atomic E-state index is 0.101. The van der Waals surface area contributed by atoms with Gasteiger partial charge in [-0.3, -0.25) is 4.79 Å². The van der Waals surface area contributed by atoms with Gasteiger partial charge in [0.2, 0.25) is 0 Å². The van der Waals surface area contributed by atoms with Crippen molar-refractivity contribution >= 4 is 17.2 Å². The van der Waals surface area contributed by atoms with Crippen molar-refractivity contribution in [3.05, 3.63) is 52.0 Å². The van der Waals surface area contributed by atoms with E-state index in [1.165, 1.54) is 12.0 Å². The number of amides is 1. The summed E-state index contributed by atoms with van der Waals surface area (Å²) in [6.07, 6.45) is 3.10. The maximum atomic E-state index is 12.7. The smallest absolute Gasteiger partial charge is 0.273 e. The molecule has 120 valence electrons. The van der Waals surface area contributed by atoms with E-state index >= 15 is 0 Å². The highest BCUT2D eigenvalue weighted by Gasteiger charge is 2.42. The van der Waals surface area contributed by atoms with Crippen LogP contribution in [0.25, 0.3) is 0 Å². The van der Waals surface area contributed by atoms with E-state index in [0.717, 1.165) is 44.0 Å². The quantitative estimate of drug-likeness (QED) is 0.942. The van der Waals surface area contributed by atoms with Gasteiger partial charge in [0.15, 0.2) is 0 Å². The number of nitrogens with zero attached hydrogens (tertiary/aromatic N) is 2. The van der Waals surface area contributed by atoms with E-state index in [9.17, 15) is 4.79 Å². The molecule has 2 aliphatic rings. The van der Waals surface area contributed by atoms with Gasteiger partial charge in [-0.05, 0) is 24.9 Å². The summed E-state index contributed by atoms with van der Waals surface area (Å²) in [5.41, 5.74) is 2.17. The number of thiazole rings is 1. The summed E-state index contributed by atoms with van der Waals surface area (Å²) in [6.45, 7) is 3.88. The Hall–Kier alpha value is -1.72. The second kappa shape index (κ2) is 6.06. The summed E-state index contributed by atoms with van der Waals surface area (Å²) in [6, 6.07) is 10.3. The van der Waals surface area contributed by atoms with Gasteiger partial charge < -0.3 is 10.2 Å². The third kappa shape index (κ3) is 3.03. The first kappa shape index (κ1) is 14.8. The first-order chi connectivity index (χ1) is 11.2. The molecule has 1 N–H and O–H groups in total. The highest BCUT2D eigenvalue weighted by atomic mass is 32.1. The maximum Gasteiger partial charge on any atom is 0.273 e. The van der Waals surface area contributed by atoms with Crippen molar-refractivity contribution in [3.8, 4) is 0 Å². The van der Waals surface area contributed by atoms with E-state index < -0.39 is 0 Å². The van der Waals surface area contributed by atoms with E-state index in [0.29, 0.717) is 11.1 Å². The molecule has 1 atom stereocenters. The fraction of sp³-hybridized carbons (Fsp3) is 0.444. The predicted molar refractivity (Wildman–Crippen MR) is 91.8 cm³/mol. The molecule has 2 aliphatic heterocycles. The fourth-order valence-corrected chi connectivity index (χ4v) is 4.48. The molecule has 2 saturated heterocycles. The number of benzene rings is 1. The van der Waals surface area contributed by atoms with Crippen LogP contribution in [-0.2, 0) is 6.42 Å². The first-order valence-corrected chi connectivity index (χ1v) is 9.10. The largest absolute Gasteiger partial charge is 0.337 e. The summed E-state index contributed by atoms with van der Waals surface area (Å²) in [7, 11) is 0. The number of likely N-dealkylation sites (tertiary alicyclic amines) is 1. The van der Waals surface area contributed by atoms with Gasteiger partial charge in [0.25, 0.3) is 5.91 Å². The van der Waals surface area contributed by atoms with Gasteiger partial charge in [-0.25, -0.2) is 4.98 Å². The first-order valence-electron chi connectivity index (χ1n) is 8.23. The van der Waals surface area contributed by atoms with E-state index in [4.69, 9.17) is 0 Å². The summed E-state index contributed by atoms with van der Waals surface area (Å²) >= 11 is 1.58. The second-order valence-corrected chi connectivity index (χ2v) is 7.63. The number of nitrogens with one attached hydrogen (secondary N) is 1. The van der Waals surface area contributed by atoms with Crippen molar-refractivity contribution < 1.29 is 4.79 Å². The molecule has 0 radical (unpaired) electrons. The molecular formula is C18H21N3OS. The van der Waals surface area contributed by atoms with Crippen molar-refractivity contribution in [2.45, 2.75) is 19.3 Å². The van der Waals surface area contributed by atoms with Crippen LogP contribution >= 0.6 is 11.3 Å². The van der Waals surface area contributed by atoms with Crippen molar-refractivity contribution in [3.63, 3.8) is 0 Å². The van der Waals surface area contributed by atoms with E-state index in [2.05, 4.69) is 22.4 Å². The van der Waals surface area contributed by atoms with Crippen molar-refractivity contribution in [1.29, 1.82) is 0 Å². The van der Waals surface area contributed by atoms with Crippen molar-refractivity contribution in [1.82, 2.24) is 15.2 Å². The van der Waals surface area contributed by atoms with E-state index in [-0.39, 0.29) is 5.91 Å². The Morgan fingerprint density at radius 2 is 2.17 bits per heavy atom. The highest BCUT2D eigenvalue weighted by Crippen LogP contribution is 2.36. The summed E-state index contributed by atoms with van der Waals surface area (Å²) in [5, 5.41) is 6.36. The highest BCUT2D eigenvalue weighted by molar-refractivity contribution is 7.09. The monoisotopic (exact) mass is 327 g/mol. The zero-order chi connectivity index (χ0) is 15.7. The number of carbonyl (C=O) groups is 1. The molecule has 4 rings (SSSR count). The standard InChI is InChI=1S/C18H21N3OS/c22-17(21-9-7-18(13-21)6-8-19-12-18)15-11-23-16(20-15)10-14-4-2-1-3-5-14/h1-5,11,19H,6-10,12-13H2. The second-order valence-electron chi connectivity index (χ2n) is 6.69. The van der Waals surface area contributed by atoms with Gasteiger partial charge in [-0.15, -0.1) is 11.3 Å². The fourth-order valence-electron chi connectivity index (χ4n) is 3.68. The average molecular weight is 327 g/mol. The molecule has 23 heavy (non-hydrogen) atoms. The van der Waals surface area contributed by atoms with Gasteiger partial charge in [-0.2, -0.15) is 0 Å². The van der Waals surface area contributed by atoms with Gasteiger partial charge in [0.1, 0.15) is 5.69 Å². The molecule has 2 fully saturated rings. The molecule has 1 unspecified atom stereocenters. The molecule has 1 aromatic heterocycles. The van der Waals surface area contributed by atoms with Crippen LogP contribution in [0, 0.1) is 5.41 Å². The number of rotatable bonds is 3. The van der Waals surface area contributed by atoms with Crippen LogP contribution in [0.5, 0.6) is 0 Å². The Labute approximate surface area is 140 Å². The molecule has 5 heteroatoms. The number of carbonyl (C=O) groups excluding carboxylic acids is 1. The number of hydrogen-bond acceptors (Lipinski definition) is 4. The van der Waals surface area contributed by atoms with Gasteiger partial charge >= 0.3 is 0 Å². The Bertz CT molecular complexity index is 691. The molecule has 1 amide bonds. The molecule has 3 heterocycles. The molecule has 0 aliphatic carbocycles. The van der Waals surface area contributed by atoms with E-state index in [1.807, 2.05) is 28.5 Å². The predicted octanol–water partition coefficient (Wildman–Crippen LogP) is 2.56. The van der Waals surface area contributed by atoms with Crippen molar-refractivity contribution in [2.75, 3.05) is 26.2 Å². The lowest BCUT2D eigenvalue weighted by atomic mass is 9.87. The molecule has 1 aromatic carbocycles. The molecule has 0 saturated carbocycles. The average Bonchev–Trinajstić information content (AvgIpc) is 3.31. The lowest BCUT2D eigenvalue weighted by Crippen LogP contribution is -2.33.